The maximum atomic E-state index is 11.9. The van der Waals surface area contributed by atoms with Crippen molar-refractivity contribution in [3.05, 3.63) is 33.5 Å². The monoisotopic (exact) mass is 224 g/mol. The highest BCUT2D eigenvalue weighted by atomic mass is 32.1. The lowest BCUT2D eigenvalue weighted by atomic mass is 10.1. The topological polar surface area (TPSA) is 65.6 Å². The van der Waals surface area contributed by atoms with Gasteiger partial charge in [0.15, 0.2) is 5.78 Å². The lowest BCUT2D eigenvalue weighted by molar-refractivity contribution is -0.105. The van der Waals surface area contributed by atoms with Crippen molar-refractivity contribution >= 4 is 23.4 Å². The minimum atomic E-state index is 0. The molecule has 0 saturated heterocycles. The van der Waals surface area contributed by atoms with Crippen molar-refractivity contribution in [1.29, 1.82) is 0 Å². The number of thiophene rings is 1. The molecule has 0 amide bonds. The first-order chi connectivity index (χ1) is 6.83. The van der Waals surface area contributed by atoms with E-state index < -0.39 is 0 Å². The summed E-state index contributed by atoms with van der Waals surface area (Å²) < 4.78 is 0. The zero-order chi connectivity index (χ0) is 9.97. The molecule has 4 heteroatoms. The number of Topliss-reactive ketones (excluding diaryl/α,β-unsaturated/α-hetero) is 1. The molecular formula is C11H12O3S. The summed E-state index contributed by atoms with van der Waals surface area (Å²) in [6.07, 6.45) is 3.27. The molecule has 0 fully saturated rings. The Morgan fingerprint density at radius 1 is 1.40 bits per heavy atom. The van der Waals surface area contributed by atoms with Gasteiger partial charge in [-0.1, -0.05) is 6.07 Å². The Morgan fingerprint density at radius 3 is 2.80 bits per heavy atom. The molecule has 1 heterocycles. The summed E-state index contributed by atoms with van der Waals surface area (Å²) in [5.74, 6) is 0.0413. The van der Waals surface area contributed by atoms with Gasteiger partial charge in [0.05, 0.1) is 4.88 Å². The molecule has 2 rings (SSSR count). The van der Waals surface area contributed by atoms with Gasteiger partial charge in [-0.25, -0.2) is 0 Å². The first-order valence-corrected chi connectivity index (χ1v) is 5.46. The third-order valence-corrected chi connectivity index (χ3v) is 3.29. The van der Waals surface area contributed by atoms with Crippen LogP contribution in [0.2, 0.25) is 0 Å². The van der Waals surface area contributed by atoms with Crippen LogP contribution in [-0.4, -0.2) is 17.5 Å². The van der Waals surface area contributed by atoms with Gasteiger partial charge in [-0.05, 0) is 36.3 Å². The van der Waals surface area contributed by atoms with Gasteiger partial charge < -0.3 is 5.48 Å². The summed E-state index contributed by atoms with van der Waals surface area (Å²) in [6, 6.07) is 3.66. The second-order valence-electron chi connectivity index (χ2n) is 3.28. The largest absolute Gasteiger partial charge is 0.412 e. The quantitative estimate of drug-likeness (QED) is 0.580. The molecule has 1 aromatic heterocycles. The Balaban J connectivity index is 0.00000112. The molecule has 1 aliphatic carbocycles. The SMILES string of the molecule is O.O=CC1=C(C(=O)c2cccs2)CCC1. The molecule has 0 aliphatic heterocycles. The van der Waals surface area contributed by atoms with Gasteiger partial charge in [0.1, 0.15) is 6.29 Å². The number of rotatable bonds is 3. The van der Waals surface area contributed by atoms with Gasteiger partial charge >= 0.3 is 0 Å². The van der Waals surface area contributed by atoms with E-state index in [1.807, 2.05) is 11.4 Å². The normalized spacial score (nSPS) is 14.9. The highest BCUT2D eigenvalue weighted by Crippen LogP contribution is 2.28. The molecule has 0 radical (unpaired) electrons. The van der Waals surface area contributed by atoms with E-state index in [4.69, 9.17) is 0 Å². The van der Waals surface area contributed by atoms with Crippen LogP contribution in [0, 0.1) is 0 Å². The number of carbonyl (C=O) groups is 2. The smallest absolute Gasteiger partial charge is 0.199 e. The number of carbonyl (C=O) groups excluding carboxylic acids is 2. The highest BCUT2D eigenvalue weighted by Gasteiger charge is 2.21. The molecule has 0 bridgehead atoms. The zero-order valence-corrected chi connectivity index (χ0v) is 8.97. The van der Waals surface area contributed by atoms with Crippen LogP contribution in [0.5, 0.6) is 0 Å². The summed E-state index contributed by atoms with van der Waals surface area (Å²) in [5.41, 5.74) is 1.42. The van der Waals surface area contributed by atoms with Gasteiger partial charge in [0, 0.05) is 5.57 Å². The molecule has 0 spiro atoms. The Hall–Kier alpha value is -1.26. The molecule has 15 heavy (non-hydrogen) atoms. The van der Waals surface area contributed by atoms with Crippen LogP contribution in [0.3, 0.4) is 0 Å². The van der Waals surface area contributed by atoms with Crippen LogP contribution in [-0.2, 0) is 4.79 Å². The molecule has 2 N–H and O–H groups in total. The van der Waals surface area contributed by atoms with Crippen LogP contribution in [0.15, 0.2) is 28.7 Å². The van der Waals surface area contributed by atoms with Crippen molar-refractivity contribution in [3.8, 4) is 0 Å². The van der Waals surface area contributed by atoms with Crippen molar-refractivity contribution in [2.75, 3.05) is 0 Å². The molecule has 80 valence electrons. The fourth-order valence-electron chi connectivity index (χ4n) is 1.71. The average molecular weight is 224 g/mol. The Bertz CT molecular complexity index is 390. The van der Waals surface area contributed by atoms with E-state index in [0.717, 1.165) is 36.0 Å². The summed E-state index contributed by atoms with van der Waals surface area (Å²) >= 11 is 1.43. The molecule has 1 aromatic rings. The van der Waals surface area contributed by atoms with E-state index in [2.05, 4.69) is 0 Å². The molecule has 0 unspecified atom stereocenters. The van der Waals surface area contributed by atoms with Crippen molar-refractivity contribution in [2.45, 2.75) is 19.3 Å². The summed E-state index contributed by atoms with van der Waals surface area (Å²) in [5, 5.41) is 1.88. The van der Waals surface area contributed by atoms with E-state index in [9.17, 15) is 9.59 Å². The second kappa shape index (κ2) is 5.00. The van der Waals surface area contributed by atoms with Gasteiger partial charge in [0.2, 0.25) is 0 Å². The Morgan fingerprint density at radius 2 is 2.20 bits per heavy atom. The third kappa shape index (κ3) is 2.22. The second-order valence-corrected chi connectivity index (χ2v) is 4.23. The highest BCUT2D eigenvalue weighted by molar-refractivity contribution is 7.12. The van der Waals surface area contributed by atoms with Crippen LogP contribution in [0.4, 0.5) is 0 Å². The van der Waals surface area contributed by atoms with Crippen LogP contribution < -0.4 is 0 Å². The Labute approximate surface area is 91.7 Å². The van der Waals surface area contributed by atoms with Crippen LogP contribution >= 0.6 is 11.3 Å². The van der Waals surface area contributed by atoms with Crippen LogP contribution in [0.1, 0.15) is 28.9 Å². The van der Waals surface area contributed by atoms with Crippen molar-refractivity contribution in [2.24, 2.45) is 0 Å². The van der Waals surface area contributed by atoms with E-state index in [0.29, 0.717) is 5.57 Å². The maximum Gasteiger partial charge on any atom is 0.199 e. The number of aldehydes is 1. The van der Waals surface area contributed by atoms with E-state index in [1.54, 1.807) is 6.07 Å². The minimum Gasteiger partial charge on any atom is -0.412 e. The predicted octanol–water partition coefficient (Wildman–Crippen LogP) is 1.79. The lowest BCUT2D eigenvalue weighted by Gasteiger charge is -1.98. The minimum absolute atomic E-state index is 0. The first kappa shape index (κ1) is 11.8. The molecule has 0 atom stereocenters. The lowest BCUT2D eigenvalue weighted by Crippen LogP contribution is -2.01. The molecule has 1 aliphatic rings. The van der Waals surface area contributed by atoms with E-state index in [1.165, 1.54) is 11.3 Å². The molecule has 0 aromatic carbocycles. The van der Waals surface area contributed by atoms with Gasteiger partial charge in [0.25, 0.3) is 0 Å². The fraction of sp³-hybridized carbons (Fsp3) is 0.273. The molecule has 0 saturated carbocycles. The average Bonchev–Trinajstić information content (AvgIpc) is 2.87. The summed E-state index contributed by atoms with van der Waals surface area (Å²) in [7, 11) is 0. The first-order valence-electron chi connectivity index (χ1n) is 4.58. The maximum absolute atomic E-state index is 11.9. The number of ketones is 1. The van der Waals surface area contributed by atoms with Gasteiger partial charge in [-0.3, -0.25) is 9.59 Å². The van der Waals surface area contributed by atoms with Gasteiger partial charge in [-0.2, -0.15) is 0 Å². The molecular weight excluding hydrogens is 212 g/mol. The number of hydrogen-bond acceptors (Lipinski definition) is 3. The standard InChI is InChI=1S/C11H10O2S.H2O/c12-7-8-3-1-4-9(8)11(13)10-5-2-6-14-10;/h2,5-7H,1,3-4H2;1H2. The van der Waals surface area contributed by atoms with E-state index in [-0.39, 0.29) is 11.3 Å². The summed E-state index contributed by atoms with van der Waals surface area (Å²) in [6.45, 7) is 0. The van der Waals surface area contributed by atoms with Gasteiger partial charge in [-0.15, -0.1) is 11.3 Å². The van der Waals surface area contributed by atoms with Crippen LogP contribution in [0.25, 0.3) is 0 Å². The predicted molar refractivity (Wildman–Crippen MR) is 59.2 cm³/mol. The fourth-order valence-corrected chi connectivity index (χ4v) is 2.40. The third-order valence-electron chi connectivity index (χ3n) is 2.42. The van der Waals surface area contributed by atoms with Crippen molar-refractivity contribution in [3.63, 3.8) is 0 Å². The number of allylic oxidation sites excluding steroid dienone is 2. The summed E-state index contributed by atoms with van der Waals surface area (Å²) in [4.78, 5) is 23.3. The Kier molecular flexibility index (Phi) is 3.94. The molecule has 3 nitrogen and oxygen atoms in total. The number of hydrogen-bond donors (Lipinski definition) is 0. The van der Waals surface area contributed by atoms with Crippen molar-refractivity contribution < 1.29 is 15.1 Å². The van der Waals surface area contributed by atoms with Crippen molar-refractivity contribution in [1.82, 2.24) is 0 Å². The van der Waals surface area contributed by atoms with E-state index >= 15 is 0 Å². The zero-order valence-electron chi connectivity index (χ0n) is 8.16.